The minimum atomic E-state index is -0.125. The van der Waals surface area contributed by atoms with Crippen molar-refractivity contribution in [3.63, 3.8) is 0 Å². The van der Waals surface area contributed by atoms with E-state index in [2.05, 4.69) is 10.6 Å². The summed E-state index contributed by atoms with van der Waals surface area (Å²) in [5.74, 6) is 1.24. The fourth-order valence-corrected chi connectivity index (χ4v) is 3.47. The van der Waals surface area contributed by atoms with Crippen molar-refractivity contribution in [2.75, 3.05) is 46.1 Å². The normalized spacial score (nSPS) is 20.5. The Hall–Kier alpha value is -0.930. The second-order valence-electron chi connectivity index (χ2n) is 7.54. The highest BCUT2D eigenvalue weighted by Gasteiger charge is 2.45. The zero-order valence-corrected chi connectivity index (χ0v) is 19.0. The first-order valence-electron chi connectivity index (χ1n) is 10.2. The van der Waals surface area contributed by atoms with Crippen LogP contribution in [0.2, 0.25) is 0 Å². The van der Waals surface area contributed by atoms with Crippen LogP contribution in [0.1, 0.15) is 38.2 Å². The molecule has 0 radical (unpaired) electrons. The second-order valence-corrected chi connectivity index (χ2v) is 7.54. The van der Waals surface area contributed by atoms with Crippen LogP contribution >= 0.6 is 24.0 Å². The Morgan fingerprint density at radius 1 is 1.32 bits per heavy atom. The van der Waals surface area contributed by atoms with Gasteiger partial charge in [0.25, 0.3) is 0 Å². The summed E-state index contributed by atoms with van der Waals surface area (Å²) in [5, 5.41) is 6.63. The van der Waals surface area contributed by atoms with Crippen LogP contribution < -0.4 is 10.6 Å². The van der Waals surface area contributed by atoms with Gasteiger partial charge in [-0.1, -0.05) is 18.2 Å². The molecule has 1 heterocycles. The first kappa shape index (κ1) is 23.3. The summed E-state index contributed by atoms with van der Waals surface area (Å²) >= 11 is 0. The Morgan fingerprint density at radius 3 is 2.82 bits per heavy atom. The van der Waals surface area contributed by atoms with Crippen molar-refractivity contribution in [3.05, 3.63) is 35.6 Å². The van der Waals surface area contributed by atoms with E-state index >= 15 is 0 Å². The molecule has 1 aromatic carbocycles. The maximum absolute atomic E-state index is 14.1. The van der Waals surface area contributed by atoms with Gasteiger partial charge in [0.1, 0.15) is 5.82 Å². The molecular formula is C21H33FIN3O2. The van der Waals surface area contributed by atoms with Crippen LogP contribution in [-0.4, -0.2) is 52.0 Å². The van der Waals surface area contributed by atoms with Gasteiger partial charge in [0.2, 0.25) is 0 Å². The molecule has 1 aliphatic heterocycles. The third-order valence-corrected chi connectivity index (χ3v) is 5.32. The fraction of sp³-hybridized carbons (Fsp3) is 0.667. The van der Waals surface area contributed by atoms with E-state index in [0.29, 0.717) is 12.5 Å². The predicted molar refractivity (Wildman–Crippen MR) is 121 cm³/mol. The Labute approximate surface area is 184 Å². The van der Waals surface area contributed by atoms with Crippen LogP contribution in [0.4, 0.5) is 4.39 Å². The molecule has 28 heavy (non-hydrogen) atoms. The average Bonchev–Trinajstić information content (AvgIpc) is 3.28. The van der Waals surface area contributed by atoms with Crippen LogP contribution in [0.15, 0.2) is 29.3 Å². The van der Waals surface area contributed by atoms with Gasteiger partial charge in [0.15, 0.2) is 5.96 Å². The van der Waals surface area contributed by atoms with Crippen molar-refractivity contribution in [2.45, 2.75) is 38.0 Å². The third kappa shape index (κ3) is 6.84. The van der Waals surface area contributed by atoms with E-state index in [0.717, 1.165) is 76.7 Å². The largest absolute Gasteiger partial charge is 0.381 e. The maximum atomic E-state index is 14.1. The molecule has 1 saturated heterocycles. The summed E-state index contributed by atoms with van der Waals surface area (Å²) in [5.41, 5.74) is 0.675. The molecule has 0 bridgehead atoms. The van der Waals surface area contributed by atoms with Crippen molar-refractivity contribution >= 4 is 29.9 Å². The van der Waals surface area contributed by atoms with Gasteiger partial charge in [-0.25, -0.2) is 4.39 Å². The molecule has 0 amide bonds. The van der Waals surface area contributed by atoms with Gasteiger partial charge in [0.05, 0.1) is 19.8 Å². The molecular weight excluding hydrogens is 472 g/mol. The number of benzene rings is 1. The van der Waals surface area contributed by atoms with Crippen molar-refractivity contribution in [2.24, 2.45) is 10.9 Å². The van der Waals surface area contributed by atoms with Crippen LogP contribution in [-0.2, 0) is 14.9 Å². The number of hydrogen-bond donors (Lipinski definition) is 2. The topological polar surface area (TPSA) is 54.9 Å². The molecule has 2 fully saturated rings. The van der Waals surface area contributed by atoms with Gasteiger partial charge in [-0.3, -0.25) is 4.99 Å². The van der Waals surface area contributed by atoms with Crippen LogP contribution in [0, 0.1) is 11.7 Å². The van der Waals surface area contributed by atoms with E-state index < -0.39 is 0 Å². The number of rotatable bonds is 10. The summed E-state index contributed by atoms with van der Waals surface area (Å²) in [6.07, 6.45) is 4.03. The number of nitrogens with one attached hydrogen (secondary N) is 2. The van der Waals surface area contributed by atoms with E-state index in [-0.39, 0.29) is 35.2 Å². The van der Waals surface area contributed by atoms with Crippen LogP contribution in [0.5, 0.6) is 0 Å². The molecule has 2 N–H and O–H groups in total. The quantitative estimate of drug-likeness (QED) is 0.221. The minimum absolute atomic E-state index is 0. The summed E-state index contributed by atoms with van der Waals surface area (Å²) in [7, 11) is 0. The molecule has 7 heteroatoms. The maximum Gasteiger partial charge on any atom is 0.191 e. The average molecular weight is 505 g/mol. The summed E-state index contributed by atoms with van der Waals surface area (Å²) < 4.78 is 25.2. The number of hydrogen-bond acceptors (Lipinski definition) is 3. The standard InChI is InChI=1S/C21H32FN3O2.HI/c1-2-23-20(24-11-5-12-26-14-17-8-13-27-15-17)25-16-21(9-10-21)18-6-3-4-7-19(18)22;/h3-4,6-7,17H,2,5,8-16H2,1H3,(H2,23,24,25);1H. The fourth-order valence-electron chi connectivity index (χ4n) is 3.47. The number of nitrogens with zero attached hydrogens (tertiary/aromatic N) is 1. The number of halogens is 2. The predicted octanol–water partition coefficient (Wildman–Crippen LogP) is 3.47. The minimum Gasteiger partial charge on any atom is -0.381 e. The summed E-state index contributed by atoms with van der Waals surface area (Å²) in [6, 6.07) is 7.08. The first-order chi connectivity index (χ1) is 13.2. The van der Waals surface area contributed by atoms with Gasteiger partial charge in [0, 0.05) is 37.6 Å². The molecule has 5 nitrogen and oxygen atoms in total. The number of aliphatic imine (C=N–C) groups is 1. The number of guanidine groups is 1. The lowest BCUT2D eigenvalue weighted by molar-refractivity contribution is 0.0888. The second kappa shape index (κ2) is 11.9. The van der Waals surface area contributed by atoms with E-state index in [9.17, 15) is 4.39 Å². The van der Waals surface area contributed by atoms with E-state index in [1.165, 1.54) is 0 Å². The lowest BCUT2D eigenvalue weighted by Gasteiger charge is -2.16. The van der Waals surface area contributed by atoms with Gasteiger partial charge in [-0.05, 0) is 44.2 Å². The molecule has 0 spiro atoms. The van der Waals surface area contributed by atoms with Crippen molar-refractivity contribution < 1.29 is 13.9 Å². The Morgan fingerprint density at radius 2 is 2.14 bits per heavy atom. The Balaban J connectivity index is 0.00000280. The highest BCUT2D eigenvalue weighted by atomic mass is 127. The van der Waals surface area contributed by atoms with Crippen molar-refractivity contribution in [1.29, 1.82) is 0 Å². The molecule has 1 atom stereocenters. The monoisotopic (exact) mass is 505 g/mol. The van der Waals surface area contributed by atoms with E-state index in [1.54, 1.807) is 12.1 Å². The molecule has 1 unspecified atom stereocenters. The Bertz CT molecular complexity index is 619. The van der Waals surface area contributed by atoms with Crippen LogP contribution in [0.25, 0.3) is 0 Å². The highest BCUT2D eigenvalue weighted by Crippen LogP contribution is 2.49. The van der Waals surface area contributed by atoms with Gasteiger partial charge in [-0.2, -0.15) is 0 Å². The van der Waals surface area contributed by atoms with Crippen LogP contribution in [0.3, 0.4) is 0 Å². The number of ether oxygens (including phenoxy) is 2. The summed E-state index contributed by atoms with van der Waals surface area (Å²) in [6.45, 7) is 7.50. The lowest BCUT2D eigenvalue weighted by atomic mass is 9.95. The molecule has 1 aliphatic carbocycles. The molecule has 1 saturated carbocycles. The zero-order valence-electron chi connectivity index (χ0n) is 16.7. The molecule has 2 aliphatic rings. The third-order valence-electron chi connectivity index (χ3n) is 5.32. The van der Waals surface area contributed by atoms with Crippen molar-refractivity contribution in [1.82, 2.24) is 10.6 Å². The van der Waals surface area contributed by atoms with Gasteiger partial charge >= 0.3 is 0 Å². The molecule has 158 valence electrons. The SMILES string of the molecule is CCNC(=NCC1(c2ccccc2F)CC1)NCCCOCC1CCOC1.I. The highest BCUT2D eigenvalue weighted by molar-refractivity contribution is 14.0. The van der Waals surface area contributed by atoms with Crippen molar-refractivity contribution in [3.8, 4) is 0 Å². The molecule has 1 aromatic rings. The van der Waals surface area contributed by atoms with E-state index in [1.807, 2.05) is 19.1 Å². The summed E-state index contributed by atoms with van der Waals surface area (Å²) in [4.78, 5) is 4.72. The lowest BCUT2D eigenvalue weighted by Crippen LogP contribution is -2.38. The van der Waals surface area contributed by atoms with Gasteiger partial charge < -0.3 is 20.1 Å². The van der Waals surface area contributed by atoms with Gasteiger partial charge in [-0.15, -0.1) is 24.0 Å². The Kier molecular flexibility index (Phi) is 9.94. The smallest absolute Gasteiger partial charge is 0.191 e. The molecule has 3 rings (SSSR count). The zero-order chi connectivity index (χ0) is 19.0. The first-order valence-corrected chi connectivity index (χ1v) is 10.2. The molecule has 0 aromatic heterocycles. The van der Waals surface area contributed by atoms with E-state index in [4.69, 9.17) is 14.5 Å².